The lowest BCUT2D eigenvalue weighted by Gasteiger charge is -2.17. The first-order chi connectivity index (χ1) is 12.2. The molecule has 0 aliphatic heterocycles. The lowest BCUT2D eigenvalue weighted by atomic mass is 10.1. The quantitative estimate of drug-likeness (QED) is 0.629. The van der Waals surface area contributed by atoms with Crippen molar-refractivity contribution in [2.75, 3.05) is 23.1 Å². The van der Waals surface area contributed by atoms with Gasteiger partial charge in [0.25, 0.3) is 0 Å². The molecule has 0 saturated carbocycles. The zero-order chi connectivity index (χ0) is 19.3. The van der Waals surface area contributed by atoms with E-state index < -0.39 is 41.0 Å². The van der Waals surface area contributed by atoms with Gasteiger partial charge in [0.05, 0.1) is 6.04 Å². The fourth-order valence-corrected chi connectivity index (χ4v) is 2.65. The molecule has 1 unspecified atom stereocenters. The monoisotopic (exact) mass is 385 g/mol. The molecular weight excluding hydrogens is 367 g/mol. The van der Waals surface area contributed by atoms with Crippen molar-refractivity contribution in [3.05, 3.63) is 41.7 Å². The van der Waals surface area contributed by atoms with Gasteiger partial charge < -0.3 is 16.8 Å². The van der Waals surface area contributed by atoms with E-state index in [0.29, 0.717) is 17.9 Å². The van der Waals surface area contributed by atoms with Gasteiger partial charge in [0.15, 0.2) is 0 Å². The summed E-state index contributed by atoms with van der Waals surface area (Å²) < 4.78 is 40.1. The first-order valence-corrected chi connectivity index (χ1v) is 8.99. The number of para-hydroxylation sites is 1. The average molecular weight is 385 g/mol. The second-order valence-electron chi connectivity index (χ2n) is 5.40. The van der Waals surface area contributed by atoms with Gasteiger partial charge in [0.2, 0.25) is 11.6 Å². The number of hydrogen-bond acceptors (Lipinski definition) is 7. The topological polar surface area (TPSA) is 107 Å². The molecule has 5 N–H and O–H groups in total. The Morgan fingerprint density at radius 1 is 1.27 bits per heavy atom. The van der Waals surface area contributed by atoms with Gasteiger partial charge in [-0.15, -0.1) is 0 Å². The van der Waals surface area contributed by atoms with Crippen molar-refractivity contribution in [3.63, 3.8) is 0 Å². The number of nitrogens with one attached hydrogen (secondary N) is 1. The number of benzene rings is 1. The highest BCUT2D eigenvalue weighted by Gasteiger charge is 2.39. The summed E-state index contributed by atoms with van der Waals surface area (Å²) in [6, 6.07) is 7.20. The molecule has 0 aliphatic carbocycles. The number of halogens is 3. The third-order valence-electron chi connectivity index (χ3n) is 3.45. The number of nitrogens with zero attached hydrogens (tertiary/aromatic N) is 2. The number of nitrogens with two attached hydrogens (primary N) is 2. The van der Waals surface area contributed by atoms with E-state index in [9.17, 15) is 18.0 Å². The SMILES string of the molecule is CSCCC(N)C(=O)c1nc(N)c(C(F)(F)F)c(Nc2ccccc2)n1. The Morgan fingerprint density at radius 3 is 2.50 bits per heavy atom. The molecule has 0 aliphatic rings. The Kier molecular flexibility index (Phi) is 6.43. The maximum Gasteiger partial charge on any atom is 0.423 e. The van der Waals surface area contributed by atoms with E-state index in [-0.39, 0.29) is 0 Å². The molecule has 1 atom stereocenters. The first-order valence-electron chi connectivity index (χ1n) is 7.59. The van der Waals surface area contributed by atoms with Crippen molar-refractivity contribution in [3.8, 4) is 0 Å². The van der Waals surface area contributed by atoms with Crippen LogP contribution in [0.4, 0.5) is 30.5 Å². The Balaban J connectivity index is 2.45. The van der Waals surface area contributed by atoms with Crippen molar-refractivity contribution in [1.29, 1.82) is 0 Å². The van der Waals surface area contributed by atoms with Crippen molar-refractivity contribution < 1.29 is 18.0 Å². The fraction of sp³-hybridized carbons (Fsp3) is 0.312. The number of carbonyl (C=O) groups is 1. The fourth-order valence-electron chi connectivity index (χ4n) is 2.16. The highest BCUT2D eigenvalue weighted by atomic mass is 32.2. The molecule has 26 heavy (non-hydrogen) atoms. The van der Waals surface area contributed by atoms with Crippen LogP contribution in [0.2, 0.25) is 0 Å². The van der Waals surface area contributed by atoms with Crippen molar-refractivity contribution in [2.45, 2.75) is 18.6 Å². The summed E-state index contributed by atoms with van der Waals surface area (Å²) in [4.78, 5) is 19.7. The Morgan fingerprint density at radius 2 is 1.92 bits per heavy atom. The molecule has 1 aromatic carbocycles. The van der Waals surface area contributed by atoms with Crippen LogP contribution in [0.25, 0.3) is 0 Å². The number of aromatic nitrogens is 2. The minimum atomic E-state index is -4.79. The number of anilines is 3. The van der Waals surface area contributed by atoms with E-state index in [4.69, 9.17) is 11.5 Å². The zero-order valence-electron chi connectivity index (χ0n) is 13.9. The van der Waals surface area contributed by atoms with E-state index in [2.05, 4.69) is 15.3 Å². The number of hydrogen-bond donors (Lipinski definition) is 3. The number of carbonyl (C=O) groups excluding carboxylic acids is 1. The van der Waals surface area contributed by atoms with Crippen LogP contribution in [-0.4, -0.2) is 33.8 Å². The summed E-state index contributed by atoms with van der Waals surface area (Å²) in [5.74, 6) is -1.89. The second kappa shape index (κ2) is 8.37. The third-order valence-corrected chi connectivity index (χ3v) is 4.09. The molecule has 2 aromatic rings. The maximum absolute atomic E-state index is 13.4. The number of rotatable bonds is 7. The molecule has 0 amide bonds. The van der Waals surface area contributed by atoms with Crippen LogP contribution in [0.1, 0.15) is 22.6 Å². The second-order valence-corrected chi connectivity index (χ2v) is 6.38. The molecule has 10 heteroatoms. The van der Waals surface area contributed by atoms with Crippen molar-refractivity contribution >= 4 is 34.9 Å². The van der Waals surface area contributed by atoms with Gasteiger partial charge in [0, 0.05) is 5.69 Å². The summed E-state index contributed by atoms with van der Waals surface area (Å²) >= 11 is 1.50. The van der Waals surface area contributed by atoms with Gasteiger partial charge in [-0.2, -0.15) is 24.9 Å². The predicted molar refractivity (Wildman–Crippen MR) is 96.5 cm³/mol. The summed E-state index contributed by atoms with van der Waals surface area (Å²) in [5.41, 5.74) is 10.4. The van der Waals surface area contributed by atoms with Crippen LogP contribution in [0.3, 0.4) is 0 Å². The summed E-state index contributed by atoms with van der Waals surface area (Å²) in [7, 11) is 0. The van der Waals surface area contributed by atoms with E-state index in [1.165, 1.54) is 11.8 Å². The van der Waals surface area contributed by atoms with E-state index in [1.807, 2.05) is 6.26 Å². The van der Waals surface area contributed by atoms with Crippen molar-refractivity contribution in [1.82, 2.24) is 9.97 Å². The van der Waals surface area contributed by atoms with Crippen LogP contribution in [0, 0.1) is 0 Å². The van der Waals surface area contributed by atoms with Crippen LogP contribution < -0.4 is 16.8 Å². The van der Waals surface area contributed by atoms with Crippen molar-refractivity contribution in [2.24, 2.45) is 5.73 Å². The number of ketones is 1. The Labute approximate surface area is 152 Å². The number of alkyl halides is 3. The van der Waals surface area contributed by atoms with Crippen LogP contribution in [0.5, 0.6) is 0 Å². The molecule has 1 aromatic heterocycles. The van der Waals surface area contributed by atoms with Gasteiger partial charge in [-0.05, 0) is 30.6 Å². The Bertz CT molecular complexity index is 770. The van der Waals surface area contributed by atoms with Gasteiger partial charge in [-0.25, -0.2) is 9.97 Å². The number of Topliss-reactive ketones (excluding diaryl/α,β-unsaturated/α-hetero) is 1. The van der Waals surface area contributed by atoms with E-state index in [1.54, 1.807) is 30.3 Å². The molecule has 0 bridgehead atoms. The number of nitrogen functional groups attached to an aromatic ring is 1. The Hall–Kier alpha value is -2.33. The van der Waals surface area contributed by atoms with Crippen LogP contribution in [0.15, 0.2) is 30.3 Å². The van der Waals surface area contributed by atoms with E-state index in [0.717, 1.165) is 0 Å². The largest absolute Gasteiger partial charge is 0.423 e. The molecule has 0 saturated heterocycles. The number of thioether (sulfide) groups is 1. The molecule has 0 spiro atoms. The average Bonchev–Trinajstić information content (AvgIpc) is 2.58. The highest BCUT2D eigenvalue weighted by molar-refractivity contribution is 7.98. The zero-order valence-corrected chi connectivity index (χ0v) is 14.7. The smallest absolute Gasteiger partial charge is 0.383 e. The molecule has 6 nitrogen and oxygen atoms in total. The summed E-state index contributed by atoms with van der Waals surface area (Å²) in [6.07, 6.45) is -2.58. The van der Waals surface area contributed by atoms with Gasteiger partial charge in [0.1, 0.15) is 17.2 Å². The molecular formula is C16H18F3N5OS. The molecule has 0 fully saturated rings. The van der Waals surface area contributed by atoms with Gasteiger partial charge in [-0.1, -0.05) is 18.2 Å². The van der Waals surface area contributed by atoms with Gasteiger partial charge >= 0.3 is 6.18 Å². The van der Waals surface area contributed by atoms with Crippen LogP contribution in [-0.2, 0) is 6.18 Å². The lowest BCUT2D eigenvalue weighted by molar-refractivity contribution is -0.136. The normalized spacial score (nSPS) is 12.7. The standard InChI is InChI=1S/C16H18F3N5OS/c1-26-8-7-10(20)12(25)15-23-13(21)11(16(17,18)19)14(24-15)22-9-5-3-2-4-6-9/h2-6,10H,7-8,20H2,1H3,(H3,21,22,23,24). The molecule has 0 radical (unpaired) electrons. The first kappa shape index (κ1) is 20.0. The minimum Gasteiger partial charge on any atom is -0.383 e. The summed E-state index contributed by atoms with van der Waals surface area (Å²) in [6.45, 7) is 0. The van der Waals surface area contributed by atoms with Crippen LogP contribution >= 0.6 is 11.8 Å². The van der Waals surface area contributed by atoms with Gasteiger partial charge in [-0.3, -0.25) is 4.79 Å². The predicted octanol–water partition coefficient (Wildman–Crippen LogP) is 3.08. The lowest BCUT2D eigenvalue weighted by Crippen LogP contribution is -2.33. The van der Waals surface area contributed by atoms with E-state index >= 15 is 0 Å². The third kappa shape index (κ3) is 4.85. The summed E-state index contributed by atoms with van der Waals surface area (Å²) in [5, 5.41) is 2.55. The highest BCUT2D eigenvalue weighted by Crippen LogP contribution is 2.38. The maximum atomic E-state index is 13.4. The molecule has 1 heterocycles. The molecule has 2 rings (SSSR count). The molecule has 140 valence electrons. The minimum absolute atomic E-state index is 0.353.